The van der Waals surface area contributed by atoms with Gasteiger partial charge in [0.1, 0.15) is 0 Å². The molecule has 1 rings (SSSR count). The summed E-state index contributed by atoms with van der Waals surface area (Å²) < 4.78 is 11.1. The van der Waals surface area contributed by atoms with Gasteiger partial charge in [0.25, 0.3) is 0 Å². The minimum atomic E-state index is 0.159. The van der Waals surface area contributed by atoms with Crippen LogP contribution in [0.4, 0.5) is 0 Å². The van der Waals surface area contributed by atoms with Crippen LogP contribution in [0.3, 0.4) is 0 Å². The number of halogens is 1. The van der Waals surface area contributed by atoms with Crippen LogP contribution < -0.4 is 20.1 Å². The van der Waals surface area contributed by atoms with Crippen molar-refractivity contribution in [2.75, 3.05) is 39.5 Å². The van der Waals surface area contributed by atoms with Crippen molar-refractivity contribution in [1.29, 1.82) is 0 Å². The van der Waals surface area contributed by atoms with E-state index in [1.54, 1.807) is 0 Å². The molecule has 0 aliphatic carbocycles. The van der Waals surface area contributed by atoms with Crippen molar-refractivity contribution in [1.82, 2.24) is 10.6 Å². The molecule has 0 spiro atoms. The van der Waals surface area contributed by atoms with Gasteiger partial charge in [0.15, 0.2) is 11.5 Å². The summed E-state index contributed by atoms with van der Waals surface area (Å²) in [5.41, 5.74) is 1.05. The van der Waals surface area contributed by atoms with Crippen LogP contribution in [0.25, 0.3) is 0 Å². The predicted molar refractivity (Wildman–Crippen MR) is 85.5 cm³/mol. The Bertz CT molecular complexity index is 416. The molecule has 0 aliphatic rings. The number of nitrogens with one attached hydrogen (secondary N) is 2. The van der Waals surface area contributed by atoms with Crippen molar-refractivity contribution in [3.05, 3.63) is 22.7 Å². The largest absolute Gasteiger partial charge is 0.490 e. The molecule has 1 aromatic rings. The molecule has 0 bridgehead atoms. The van der Waals surface area contributed by atoms with Gasteiger partial charge in [-0.3, -0.25) is 0 Å². The second kappa shape index (κ2) is 10.7. The fraction of sp³-hybridized carbons (Fsp3) is 0.600. The number of aliphatic hydroxyl groups excluding tert-OH is 1. The zero-order chi connectivity index (χ0) is 15.5. The predicted octanol–water partition coefficient (Wildman–Crippen LogP) is 1.81. The molecule has 0 saturated carbocycles. The summed E-state index contributed by atoms with van der Waals surface area (Å²) in [6.45, 7) is 8.07. The van der Waals surface area contributed by atoms with E-state index in [-0.39, 0.29) is 6.61 Å². The average Bonchev–Trinajstić information content (AvgIpc) is 2.46. The molecule has 0 fully saturated rings. The molecule has 0 saturated heterocycles. The molecule has 0 aromatic heterocycles. The van der Waals surface area contributed by atoms with Gasteiger partial charge < -0.3 is 25.2 Å². The summed E-state index contributed by atoms with van der Waals surface area (Å²) in [6, 6.07) is 3.84. The normalized spacial score (nSPS) is 10.7. The summed E-state index contributed by atoms with van der Waals surface area (Å²) in [4.78, 5) is 0. The summed E-state index contributed by atoms with van der Waals surface area (Å²) >= 11 is 6.26. The van der Waals surface area contributed by atoms with E-state index in [4.69, 9.17) is 26.2 Å². The minimum absolute atomic E-state index is 0.159. The maximum absolute atomic E-state index is 8.66. The third kappa shape index (κ3) is 6.52. The maximum Gasteiger partial charge on any atom is 0.179 e. The van der Waals surface area contributed by atoms with Crippen LogP contribution in [-0.4, -0.2) is 44.6 Å². The first-order valence-corrected chi connectivity index (χ1v) is 7.71. The molecule has 5 nitrogen and oxygen atoms in total. The SMILES string of the molecule is CCOc1cc(CNCCNCCO)cc(Cl)c1OCC. The molecule has 0 radical (unpaired) electrons. The molecule has 21 heavy (non-hydrogen) atoms. The van der Waals surface area contributed by atoms with Crippen LogP contribution in [0, 0.1) is 0 Å². The molecule has 120 valence electrons. The van der Waals surface area contributed by atoms with E-state index in [0.717, 1.165) is 18.7 Å². The molecule has 0 unspecified atom stereocenters. The maximum atomic E-state index is 8.66. The van der Waals surface area contributed by atoms with Gasteiger partial charge in [-0.15, -0.1) is 0 Å². The average molecular weight is 317 g/mol. The smallest absolute Gasteiger partial charge is 0.179 e. The second-order valence-corrected chi connectivity index (χ2v) is 4.83. The van der Waals surface area contributed by atoms with Gasteiger partial charge >= 0.3 is 0 Å². The molecule has 6 heteroatoms. The first-order valence-electron chi connectivity index (χ1n) is 7.33. The van der Waals surface area contributed by atoms with Crippen molar-refractivity contribution < 1.29 is 14.6 Å². The lowest BCUT2D eigenvalue weighted by Gasteiger charge is -2.14. The fourth-order valence-corrected chi connectivity index (χ4v) is 2.17. The van der Waals surface area contributed by atoms with Crippen LogP contribution in [0.1, 0.15) is 19.4 Å². The summed E-state index contributed by atoms with van der Waals surface area (Å²) in [7, 11) is 0. The van der Waals surface area contributed by atoms with E-state index in [1.807, 2.05) is 26.0 Å². The second-order valence-electron chi connectivity index (χ2n) is 4.42. The van der Waals surface area contributed by atoms with Crippen LogP contribution in [-0.2, 0) is 6.54 Å². The van der Waals surface area contributed by atoms with Gasteiger partial charge in [0.2, 0.25) is 0 Å². The van der Waals surface area contributed by atoms with Crippen LogP contribution >= 0.6 is 11.6 Å². The number of hydrogen-bond donors (Lipinski definition) is 3. The van der Waals surface area contributed by atoms with Crippen LogP contribution in [0.15, 0.2) is 12.1 Å². The van der Waals surface area contributed by atoms with E-state index in [9.17, 15) is 0 Å². The van der Waals surface area contributed by atoms with E-state index >= 15 is 0 Å². The molecule has 0 heterocycles. The number of rotatable bonds is 11. The Morgan fingerprint density at radius 1 is 1.05 bits per heavy atom. The van der Waals surface area contributed by atoms with Gasteiger partial charge in [0.05, 0.1) is 24.8 Å². The highest BCUT2D eigenvalue weighted by molar-refractivity contribution is 6.32. The third-order valence-electron chi connectivity index (χ3n) is 2.75. The molecular formula is C15H25ClN2O3. The zero-order valence-corrected chi connectivity index (χ0v) is 13.5. The van der Waals surface area contributed by atoms with Crippen molar-refractivity contribution >= 4 is 11.6 Å². The fourth-order valence-electron chi connectivity index (χ4n) is 1.88. The van der Waals surface area contributed by atoms with Crippen molar-refractivity contribution in [2.24, 2.45) is 0 Å². The Labute approximate surface area is 131 Å². The van der Waals surface area contributed by atoms with E-state index in [2.05, 4.69) is 10.6 Å². The number of aliphatic hydroxyl groups is 1. The lowest BCUT2D eigenvalue weighted by Crippen LogP contribution is -2.28. The lowest BCUT2D eigenvalue weighted by molar-refractivity contribution is 0.287. The van der Waals surface area contributed by atoms with Gasteiger partial charge in [-0.05, 0) is 31.5 Å². The van der Waals surface area contributed by atoms with E-state index in [0.29, 0.717) is 42.8 Å². The highest BCUT2D eigenvalue weighted by Crippen LogP contribution is 2.36. The van der Waals surface area contributed by atoms with Crippen molar-refractivity contribution in [3.63, 3.8) is 0 Å². The standard InChI is InChI=1S/C15H25ClN2O3/c1-3-20-14-10-12(9-13(16)15(14)21-4-2)11-18-6-5-17-7-8-19/h9-10,17-19H,3-8,11H2,1-2H3. The first-order chi connectivity index (χ1) is 10.2. The van der Waals surface area contributed by atoms with Crippen LogP contribution in [0.5, 0.6) is 11.5 Å². The Hall–Kier alpha value is -1.01. The lowest BCUT2D eigenvalue weighted by atomic mass is 10.2. The van der Waals surface area contributed by atoms with Gasteiger partial charge in [-0.2, -0.15) is 0 Å². The van der Waals surface area contributed by atoms with Crippen molar-refractivity contribution in [2.45, 2.75) is 20.4 Å². The Morgan fingerprint density at radius 2 is 1.76 bits per heavy atom. The molecule has 0 aliphatic heterocycles. The van der Waals surface area contributed by atoms with Gasteiger partial charge in [0, 0.05) is 26.2 Å². The zero-order valence-electron chi connectivity index (χ0n) is 12.7. The minimum Gasteiger partial charge on any atom is -0.490 e. The summed E-state index contributed by atoms with van der Waals surface area (Å²) in [5.74, 6) is 1.29. The number of benzene rings is 1. The molecule has 3 N–H and O–H groups in total. The monoisotopic (exact) mass is 316 g/mol. The summed E-state index contributed by atoms with van der Waals surface area (Å²) in [5, 5.41) is 15.6. The first kappa shape index (κ1) is 18.0. The Kier molecular flexibility index (Phi) is 9.17. The third-order valence-corrected chi connectivity index (χ3v) is 3.03. The highest BCUT2D eigenvalue weighted by atomic mass is 35.5. The molecule has 0 amide bonds. The quantitative estimate of drug-likeness (QED) is 0.544. The Balaban J connectivity index is 2.58. The molecular weight excluding hydrogens is 292 g/mol. The van der Waals surface area contributed by atoms with Crippen LogP contribution in [0.2, 0.25) is 5.02 Å². The Morgan fingerprint density at radius 3 is 2.43 bits per heavy atom. The number of ether oxygens (including phenoxy) is 2. The van der Waals surface area contributed by atoms with Crippen molar-refractivity contribution in [3.8, 4) is 11.5 Å². The number of hydrogen-bond acceptors (Lipinski definition) is 5. The van der Waals surface area contributed by atoms with E-state index in [1.165, 1.54) is 0 Å². The summed E-state index contributed by atoms with van der Waals surface area (Å²) in [6.07, 6.45) is 0. The highest BCUT2D eigenvalue weighted by Gasteiger charge is 2.11. The van der Waals surface area contributed by atoms with E-state index < -0.39 is 0 Å². The van der Waals surface area contributed by atoms with Gasteiger partial charge in [-0.25, -0.2) is 0 Å². The molecule has 0 atom stereocenters. The topological polar surface area (TPSA) is 62.8 Å². The van der Waals surface area contributed by atoms with Gasteiger partial charge in [-0.1, -0.05) is 11.6 Å². The molecule has 1 aromatic carbocycles.